The fraction of sp³-hybridized carbons (Fsp3) is 0.250. The van der Waals surface area contributed by atoms with Crippen molar-refractivity contribution in [3.05, 3.63) is 70.3 Å². The topological polar surface area (TPSA) is 72.4 Å². The first kappa shape index (κ1) is 15.0. The molecule has 2 rings (SSSR count). The van der Waals surface area contributed by atoms with Crippen LogP contribution in [0.15, 0.2) is 54.6 Å². The molecule has 2 aromatic carbocycles. The predicted octanol–water partition coefficient (Wildman–Crippen LogP) is 2.95. The van der Waals surface area contributed by atoms with Gasteiger partial charge in [0.25, 0.3) is 5.69 Å². The lowest BCUT2D eigenvalue weighted by molar-refractivity contribution is -0.384. The number of non-ortho nitro benzene ring substituents is 1. The Kier molecular flexibility index (Phi) is 5.29. The molecule has 0 heterocycles. The van der Waals surface area contributed by atoms with Gasteiger partial charge in [0.15, 0.2) is 0 Å². The molecule has 5 heteroatoms. The van der Waals surface area contributed by atoms with E-state index in [2.05, 4.69) is 4.90 Å². The Labute approximate surface area is 124 Å². The molecule has 110 valence electrons. The van der Waals surface area contributed by atoms with Crippen LogP contribution >= 0.6 is 0 Å². The van der Waals surface area contributed by atoms with Gasteiger partial charge in [-0.15, -0.1) is 0 Å². The number of nitrogens with zero attached hydrogens (tertiary/aromatic N) is 2. The number of hydrogen-bond donors (Lipinski definition) is 1. The van der Waals surface area contributed by atoms with E-state index in [0.717, 1.165) is 18.7 Å². The average Bonchev–Trinajstić information content (AvgIpc) is 2.52. The summed E-state index contributed by atoms with van der Waals surface area (Å²) in [5.74, 6) is 0. The fourth-order valence-electron chi connectivity index (χ4n) is 2.19. The zero-order valence-corrected chi connectivity index (χ0v) is 11.8. The zero-order chi connectivity index (χ0) is 15.1. The summed E-state index contributed by atoms with van der Waals surface area (Å²) >= 11 is 0. The van der Waals surface area contributed by atoms with Crippen LogP contribution in [0.4, 0.5) is 11.4 Å². The molecule has 0 saturated carbocycles. The second-order valence-electron chi connectivity index (χ2n) is 4.83. The lowest BCUT2D eigenvalue weighted by Gasteiger charge is -2.24. The van der Waals surface area contributed by atoms with Crippen LogP contribution in [0.2, 0.25) is 0 Å². The van der Waals surface area contributed by atoms with Crippen molar-refractivity contribution in [2.45, 2.75) is 13.0 Å². The van der Waals surface area contributed by atoms with E-state index in [4.69, 9.17) is 5.73 Å². The van der Waals surface area contributed by atoms with E-state index in [0.29, 0.717) is 13.1 Å². The summed E-state index contributed by atoms with van der Waals surface area (Å²) in [5, 5.41) is 10.9. The normalized spacial score (nSPS) is 10.3. The summed E-state index contributed by atoms with van der Waals surface area (Å²) in [7, 11) is 0. The van der Waals surface area contributed by atoms with Gasteiger partial charge in [-0.2, -0.15) is 0 Å². The minimum Gasteiger partial charge on any atom is -0.367 e. The quantitative estimate of drug-likeness (QED) is 0.627. The summed E-state index contributed by atoms with van der Waals surface area (Å²) in [6, 6.07) is 16.8. The maximum Gasteiger partial charge on any atom is 0.271 e. The molecular weight excluding hydrogens is 266 g/mol. The largest absolute Gasteiger partial charge is 0.367 e. The Morgan fingerprint density at radius 1 is 1.10 bits per heavy atom. The van der Waals surface area contributed by atoms with Gasteiger partial charge in [0.1, 0.15) is 0 Å². The smallest absolute Gasteiger partial charge is 0.271 e. The zero-order valence-electron chi connectivity index (χ0n) is 11.8. The summed E-state index contributed by atoms with van der Waals surface area (Å²) in [5.41, 5.74) is 7.72. The summed E-state index contributed by atoms with van der Waals surface area (Å²) < 4.78 is 0. The number of nitro groups is 1. The third-order valence-corrected chi connectivity index (χ3v) is 3.25. The van der Waals surface area contributed by atoms with E-state index in [1.54, 1.807) is 12.1 Å². The number of hydrogen-bond acceptors (Lipinski definition) is 4. The lowest BCUT2D eigenvalue weighted by Crippen LogP contribution is -2.25. The van der Waals surface area contributed by atoms with Gasteiger partial charge < -0.3 is 10.6 Å². The minimum absolute atomic E-state index is 0.110. The van der Waals surface area contributed by atoms with E-state index in [9.17, 15) is 10.1 Å². The van der Waals surface area contributed by atoms with Crippen LogP contribution in [0.25, 0.3) is 0 Å². The Morgan fingerprint density at radius 3 is 2.52 bits per heavy atom. The van der Waals surface area contributed by atoms with Crippen LogP contribution in [-0.2, 0) is 6.54 Å². The van der Waals surface area contributed by atoms with E-state index in [1.807, 2.05) is 36.4 Å². The highest BCUT2D eigenvalue weighted by atomic mass is 16.6. The number of anilines is 1. The highest BCUT2D eigenvalue weighted by Gasteiger charge is 2.11. The molecule has 0 fully saturated rings. The molecule has 2 N–H and O–H groups in total. The Bertz CT molecular complexity index is 587. The van der Waals surface area contributed by atoms with Crippen LogP contribution in [-0.4, -0.2) is 18.0 Å². The predicted molar refractivity (Wildman–Crippen MR) is 84.3 cm³/mol. The van der Waals surface area contributed by atoms with Crippen molar-refractivity contribution < 1.29 is 4.92 Å². The Balaban J connectivity index is 2.22. The van der Waals surface area contributed by atoms with Gasteiger partial charge in [-0.1, -0.05) is 36.4 Å². The standard InChI is InChI=1S/C16H19N3O2/c17-10-5-11-18(13-14-6-2-1-3-7-14)15-8-4-9-16(12-15)19(20)21/h1-4,6-9,12H,5,10-11,13,17H2. The monoisotopic (exact) mass is 285 g/mol. The second-order valence-corrected chi connectivity index (χ2v) is 4.83. The highest BCUT2D eigenvalue weighted by molar-refractivity contribution is 5.53. The third-order valence-electron chi connectivity index (χ3n) is 3.25. The molecule has 0 unspecified atom stereocenters. The molecule has 0 saturated heterocycles. The van der Waals surface area contributed by atoms with Crippen molar-refractivity contribution in [3.63, 3.8) is 0 Å². The summed E-state index contributed by atoms with van der Waals surface area (Å²) in [6.45, 7) is 2.08. The molecule has 0 spiro atoms. The highest BCUT2D eigenvalue weighted by Crippen LogP contribution is 2.23. The molecule has 0 aliphatic carbocycles. The van der Waals surface area contributed by atoms with Gasteiger partial charge in [-0.25, -0.2) is 0 Å². The van der Waals surface area contributed by atoms with Crippen LogP contribution in [0.5, 0.6) is 0 Å². The van der Waals surface area contributed by atoms with E-state index < -0.39 is 0 Å². The molecule has 0 bridgehead atoms. The Hall–Kier alpha value is -2.40. The van der Waals surface area contributed by atoms with E-state index in [-0.39, 0.29) is 10.6 Å². The first-order valence-electron chi connectivity index (χ1n) is 6.94. The molecule has 0 amide bonds. The van der Waals surface area contributed by atoms with Gasteiger partial charge in [0.2, 0.25) is 0 Å². The molecule has 0 atom stereocenters. The molecule has 5 nitrogen and oxygen atoms in total. The van der Waals surface area contributed by atoms with Crippen molar-refractivity contribution >= 4 is 11.4 Å². The van der Waals surface area contributed by atoms with Crippen LogP contribution < -0.4 is 10.6 Å². The third kappa shape index (κ3) is 4.29. The molecule has 0 radical (unpaired) electrons. The van der Waals surface area contributed by atoms with E-state index in [1.165, 1.54) is 11.6 Å². The van der Waals surface area contributed by atoms with Crippen molar-refractivity contribution in [1.29, 1.82) is 0 Å². The number of nitro benzene ring substituents is 1. The first-order chi connectivity index (χ1) is 10.2. The average molecular weight is 285 g/mol. The van der Waals surface area contributed by atoms with Gasteiger partial charge in [-0.05, 0) is 24.6 Å². The molecule has 0 aliphatic rings. The first-order valence-corrected chi connectivity index (χ1v) is 6.94. The van der Waals surface area contributed by atoms with E-state index >= 15 is 0 Å². The van der Waals surface area contributed by atoms with Crippen molar-refractivity contribution in [2.75, 3.05) is 18.0 Å². The second kappa shape index (κ2) is 7.40. The van der Waals surface area contributed by atoms with Gasteiger partial charge >= 0.3 is 0 Å². The maximum atomic E-state index is 10.9. The van der Waals surface area contributed by atoms with Crippen LogP contribution in [0.3, 0.4) is 0 Å². The fourth-order valence-corrected chi connectivity index (χ4v) is 2.19. The van der Waals surface area contributed by atoms with Crippen molar-refractivity contribution in [1.82, 2.24) is 0 Å². The van der Waals surface area contributed by atoms with Gasteiger partial charge in [-0.3, -0.25) is 10.1 Å². The summed E-state index contributed by atoms with van der Waals surface area (Å²) in [6.07, 6.45) is 0.843. The molecule has 2 aromatic rings. The molecule has 21 heavy (non-hydrogen) atoms. The molecular formula is C16H19N3O2. The minimum atomic E-state index is -0.368. The van der Waals surface area contributed by atoms with Crippen molar-refractivity contribution in [2.24, 2.45) is 5.73 Å². The number of benzene rings is 2. The van der Waals surface area contributed by atoms with Gasteiger partial charge in [0, 0.05) is 30.9 Å². The SMILES string of the molecule is NCCCN(Cc1ccccc1)c1cccc([N+](=O)[O-])c1. The van der Waals surface area contributed by atoms with Crippen LogP contribution in [0.1, 0.15) is 12.0 Å². The molecule has 0 aromatic heterocycles. The molecule has 0 aliphatic heterocycles. The lowest BCUT2D eigenvalue weighted by atomic mass is 10.2. The Morgan fingerprint density at radius 2 is 1.86 bits per heavy atom. The van der Waals surface area contributed by atoms with Crippen LogP contribution in [0, 0.1) is 10.1 Å². The van der Waals surface area contributed by atoms with Crippen molar-refractivity contribution in [3.8, 4) is 0 Å². The number of nitrogens with two attached hydrogens (primary N) is 1. The summed E-state index contributed by atoms with van der Waals surface area (Å²) in [4.78, 5) is 12.7. The number of rotatable bonds is 7. The maximum absolute atomic E-state index is 10.9. The van der Waals surface area contributed by atoms with Gasteiger partial charge in [0.05, 0.1) is 4.92 Å².